The summed E-state index contributed by atoms with van der Waals surface area (Å²) in [5.74, 6) is 0.646. The summed E-state index contributed by atoms with van der Waals surface area (Å²) in [5.41, 5.74) is 0.931. The van der Waals surface area contributed by atoms with Crippen LogP contribution in [0.25, 0.3) is 0 Å². The fraction of sp³-hybridized carbons (Fsp3) is 0.571. The molecule has 0 spiro atoms. The van der Waals surface area contributed by atoms with Crippen LogP contribution < -0.4 is 10.1 Å². The second kappa shape index (κ2) is 6.80. The first kappa shape index (κ1) is 15.6. The summed E-state index contributed by atoms with van der Waals surface area (Å²) in [6.45, 7) is 1.60. The number of nitrogens with one attached hydrogen (secondary N) is 1. The van der Waals surface area contributed by atoms with Crippen LogP contribution in [0.1, 0.15) is 31.2 Å². The molecule has 0 aromatic heterocycles. The molecule has 0 atom stereocenters. The minimum absolute atomic E-state index is 0.212. The van der Waals surface area contributed by atoms with E-state index in [2.05, 4.69) is 26.0 Å². The van der Waals surface area contributed by atoms with Gasteiger partial charge in [-0.05, 0) is 52.5 Å². The fourth-order valence-electron chi connectivity index (χ4n) is 2.18. The summed E-state index contributed by atoms with van der Waals surface area (Å²) >= 11 is 3.10. The zero-order valence-corrected chi connectivity index (χ0v) is 12.6. The lowest BCUT2D eigenvalue weighted by Gasteiger charge is -2.25. The van der Waals surface area contributed by atoms with Gasteiger partial charge in [-0.2, -0.15) is 0 Å². The Morgan fingerprint density at radius 1 is 1.30 bits per heavy atom. The van der Waals surface area contributed by atoms with Crippen LogP contribution in [0.15, 0.2) is 22.7 Å². The molecule has 1 aliphatic rings. The molecule has 0 amide bonds. The van der Waals surface area contributed by atoms with Crippen molar-refractivity contribution in [2.24, 2.45) is 5.92 Å². The Morgan fingerprint density at radius 2 is 2.05 bits per heavy atom. The third kappa shape index (κ3) is 4.98. The normalized spacial score (nSPS) is 16.0. The Balaban J connectivity index is 1.78. The number of rotatable bonds is 6. The molecule has 0 bridgehead atoms. The first-order chi connectivity index (χ1) is 9.44. The van der Waals surface area contributed by atoms with Gasteiger partial charge in [0.25, 0.3) is 0 Å². The Labute approximate surface area is 124 Å². The van der Waals surface area contributed by atoms with Crippen molar-refractivity contribution >= 4 is 15.9 Å². The number of hydrogen-bond acceptors (Lipinski definition) is 2. The van der Waals surface area contributed by atoms with E-state index in [0.29, 0.717) is 11.0 Å². The summed E-state index contributed by atoms with van der Waals surface area (Å²) in [6.07, 6.45) is 0.521. The maximum atomic E-state index is 12.1. The average Bonchev–Trinajstić information content (AvgIpc) is 2.28. The lowest BCUT2D eigenvalue weighted by Crippen LogP contribution is -2.21. The highest BCUT2D eigenvalue weighted by molar-refractivity contribution is 9.10. The molecule has 0 unspecified atom stereocenters. The molecule has 0 radical (unpaired) electrons. The van der Waals surface area contributed by atoms with E-state index in [0.717, 1.165) is 18.0 Å². The van der Waals surface area contributed by atoms with Gasteiger partial charge in [0.1, 0.15) is 5.75 Å². The van der Waals surface area contributed by atoms with Crippen LogP contribution in [0.2, 0.25) is 0 Å². The smallest absolute Gasteiger partial charge is 0.405 e. The molecule has 20 heavy (non-hydrogen) atoms. The molecule has 1 fully saturated rings. The molecule has 1 aliphatic carbocycles. The predicted molar refractivity (Wildman–Crippen MR) is 74.5 cm³/mol. The first-order valence-electron chi connectivity index (χ1n) is 6.69. The second-order valence-electron chi connectivity index (χ2n) is 5.07. The molecule has 6 heteroatoms. The van der Waals surface area contributed by atoms with E-state index in [-0.39, 0.29) is 5.75 Å². The van der Waals surface area contributed by atoms with Crippen molar-refractivity contribution in [1.82, 2.24) is 5.32 Å². The van der Waals surface area contributed by atoms with E-state index in [4.69, 9.17) is 0 Å². The molecular formula is C14H17BrF3NO. The third-order valence-electron chi connectivity index (χ3n) is 3.51. The number of ether oxygens (including phenoxy) is 1. The third-order valence-corrected chi connectivity index (χ3v) is 4.12. The Hall–Kier alpha value is -0.750. The molecule has 2 nitrogen and oxygen atoms in total. The van der Waals surface area contributed by atoms with Crippen LogP contribution in [0, 0.1) is 5.92 Å². The molecule has 112 valence electrons. The monoisotopic (exact) mass is 351 g/mol. The zero-order valence-electron chi connectivity index (χ0n) is 11.0. The molecule has 1 aromatic carbocycles. The van der Waals surface area contributed by atoms with Crippen LogP contribution in [-0.4, -0.2) is 12.9 Å². The summed E-state index contributed by atoms with van der Waals surface area (Å²) in [5, 5.41) is 3.31. The fourth-order valence-corrected chi connectivity index (χ4v) is 2.69. The predicted octanol–water partition coefficient (Wildman–Crippen LogP) is 4.63. The standard InChI is InChI=1S/C14H17BrF3NO/c15-12-8-11(4-5-13(12)20-14(16,17)18)9-19-7-6-10-2-1-3-10/h4-5,8,10,19H,1-3,6-7,9H2. The first-order valence-corrected chi connectivity index (χ1v) is 7.48. The minimum Gasteiger partial charge on any atom is -0.405 e. The van der Waals surface area contributed by atoms with Gasteiger partial charge in [-0.15, -0.1) is 13.2 Å². The van der Waals surface area contributed by atoms with E-state index in [1.165, 1.54) is 31.7 Å². The van der Waals surface area contributed by atoms with Gasteiger partial charge in [0.05, 0.1) is 4.47 Å². The number of hydrogen-bond donors (Lipinski definition) is 1. The van der Waals surface area contributed by atoms with E-state index in [1.54, 1.807) is 12.1 Å². The highest BCUT2D eigenvalue weighted by Gasteiger charge is 2.31. The molecule has 0 saturated heterocycles. The SMILES string of the molecule is FC(F)(F)Oc1ccc(CNCCC2CCC2)cc1Br. The molecule has 0 heterocycles. The molecule has 2 rings (SSSR count). The van der Waals surface area contributed by atoms with Crippen molar-refractivity contribution in [3.05, 3.63) is 28.2 Å². The molecule has 1 N–H and O–H groups in total. The van der Waals surface area contributed by atoms with Crippen LogP contribution in [0.5, 0.6) is 5.75 Å². The van der Waals surface area contributed by atoms with Gasteiger partial charge in [0.15, 0.2) is 0 Å². The van der Waals surface area contributed by atoms with E-state index in [9.17, 15) is 13.2 Å². The maximum absolute atomic E-state index is 12.1. The summed E-state index contributed by atoms with van der Waals surface area (Å²) in [4.78, 5) is 0. The Bertz CT molecular complexity index is 447. The largest absolute Gasteiger partial charge is 0.573 e. The van der Waals surface area contributed by atoms with E-state index >= 15 is 0 Å². The van der Waals surface area contributed by atoms with Crippen molar-refractivity contribution in [2.45, 2.75) is 38.6 Å². The molecule has 1 aromatic rings. The van der Waals surface area contributed by atoms with E-state index < -0.39 is 6.36 Å². The molecular weight excluding hydrogens is 335 g/mol. The summed E-state index contributed by atoms with van der Waals surface area (Å²) < 4.78 is 40.6. The highest BCUT2D eigenvalue weighted by atomic mass is 79.9. The topological polar surface area (TPSA) is 21.3 Å². The second-order valence-corrected chi connectivity index (χ2v) is 5.93. The molecule has 0 aliphatic heterocycles. The lowest BCUT2D eigenvalue weighted by molar-refractivity contribution is -0.274. The highest BCUT2D eigenvalue weighted by Crippen LogP contribution is 2.31. The zero-order chi connectivity index (χ0) is 14.6. The average molecular weight is 352 g/mol. The van der Waals surface area contributed by atoms with Gasteiger partial charge in [-0.25, -0.2) is 0 Å². The number of halogens is 4. The van der Waals surface area contributed by atoms with Crippen molar-refractivity contribution in [2.75, 3.05) is 6.54 Å². The van der Waals surface area contributed by atoms with Gasteiger partial charge >= 0.3 is 6.36 Å². The van der Waals surface area contributed by atoms with Gasteiger partial charge in [-0.3, -0.25) is 0 Å². The van der Waals surface area contributed by atoms with Gasteiger partial charge in [-0.1, -0.05) is 25.3 Å². The summed E-state index contributed by atoms with van der Waals surface area (Å²) in [6, 6.07) is 4.63. The Morgan fingerprint density at radius 3 is 2.60 bits per heavy atom. The lowest BCUT2D eigenvalue weighted by atomic mass is 9.83. The summed E-state index contributed by atoms with van der Waals surface area (Å²) in [7, 11) is 0. The van der Waals surface area contributed by atoms with Crippen molar-refractivity contribution in [1.29, 1.82) is 0 Å². The number of alkyl halides is 3. The van der Waals surface area contributed by atoms with Gasteiger partial charge in [0, 0.05) is 6.54 Å². The van der Waals surface area contributed by atoms with Crippen LogP contribution >= 0.6 is 15.9 Å². The van der Waals surface area contributed by atoms with Crippen LogP contribution in [-0.2, 0) is 6.54 Å². The van der Waals surface area contributed by atoms with Gasteiger partial charge in [0.2, 0.25) is 0 Å². The van der Waals surface area contributed by atoms with Crippen molar-refractivity contribution in [3.8, 4) is 5.75 Å². The van der Waals surface area contributed by atoms with Crippen molar-refractivity contribution < 1.29 is 17.9 Å². The molecule has 1 saturated carbocycles. The number of benzene rings is 1. The van der Waals surface area contributed by atoms with Crippen LogP contribution in [0.4, 0.5) is 13.2 Å². The quantitative estimate of drug-likeness (QED) is 0.754. The van der Waals surface area contributed by atoms with Gasteiger partial charge < -0.3 is 10.1 Å². The van der Waals surface area contributed by atoms with E-state index in [1.807, 2.05) is 0 Å². The Kier molecular flexibility index (Phi) is 5.32. The minimum atomic E-state index is -4.66. The maximum Gasteiger partial charge on any atom is 0.573 e. The van der Waals surface area contributed by atoms with Crippen molar-refractivity contribution in [3.63, 3.8) is 0 Å². The van der Waals surface area contributed by atoms with Crippen LogP contribution in [0.3, 0.4) is 0 Å².